The lowest BCUT2D eigenvalue weighted by Crippen LogP contribution is -2.20. The molecule has 2 N–H and O–H groups in total. The molecule has 1 aromatic rings. The quantitative estimate of drug-likeness (QED) is 0.724. The van der Waals surface area contributed by atoms with Gasteiger partial charge >= 0.3 is 5.97 Å². The molecule has 8 heteroatoms. The van der Waals surface area contributed by atoms with Gasteiger partial charge in [0.2, 0.25) is 10.0 Å². The molecule has 0 aliphatic rings. The molecular formula is C11H15NO6S. The number of ether oxygens (including phenoxy) is 2. The molecule has 0 fully saturated rings. The van der Waals surface area contributed by atoms with E-state index in [1.54, 1.807) is 12.1 Å². The molecule has 0 saturated carbocycles. The number of carboxylic acid groups (broad SMARTS) is 1. The zero-order chi connectivity index (χ0) is 14.3. The third-order valence-corrected chi connectivity index (χ3v) is 3.29. The highest BCUT2D eigenvalue weighted by atomic mass is 32.2. The molecule has 0 atom stereocenters. The molecule has 106 valence electrons. The van der Waals surface area contributed by atoms with Crippen molar-refractivity contribution in [1.29, 1.82) is 0 Å². The molecule has 0 heterocycles. The summed E-state index contributed by atoms with van der Waals surface area (Å²) in [5, 5.41) is 8.53. The average Bonchev–Trinajstić information content (AvgIpc) is 2.35. The normalized spacial score (nSPS) is 11.0. The fourth-order valence-corrected chi connectivity index (χ4v) is 2.22. The standard InChI is InChI=1S/C11H15NO6S/c1-17-6-7-19(15,16)12-9-4-2-3-5-10(9)18-8-11(13)14/h2-5,12H,6-8H2,1H3,(H,13,14). The van der Waals surface area contributed by atoms with Crippen molar-refractivity contribution in [2.45, 2.75) is 0 Å². The number of aliphatic carboxylic acids is 1. The highest BCUT2D eigenvalue weighted by molar-refractivity contribution is 7.92. The molecule has 0 saturated heterocycles. The van der Waals surface area contributed by atoms with Gasteiger partial charge in [-0.05, 0) is 12.1 Å². The summed E-state index contributed by atoms with van der Waals surface area (Å²) in [5.74, 6) is -1.18. The topological polar surface area (TPSA) is 102 Å². The Morgan fingerprint density at radius 1 is 1.37 bits per heavy atom. The van der Waals surface area contributed by atoms with Crippen molar-refractivity contribution >= 4 is 21.7 Å². The first-order valence-electron chi connectivity index (χ1n) is 5.37. The third kappa shape index (κ3) is 5.58. The SMILES string of the molecule is COCCS(=O)(=O)Nc1ccccc1OCC(=O)O. The summed E-state index contributed by atoms with van der Waals surface area (Å²) in [6, 6.07) is 6.20. The molecule has 0 aliphatic heterocycles. The number of sulfonamides is 1. The maximum Gasteiger partial charge on any atom is 0.341 e. The Kier molecular flexibility index (Phi) is 5.58. The first-order valence-corrected chi connectivity index (χ1v) is 7.03. The number of carboxylic acids is 1. The van der Waals surface area contributed by atoms with Gasteiger partial charge in [-0.1, -0.05) is 12.1 Å². The predicted molar refractivity (Wildman–Crippen MR) is 68.9 cm³/mol. The van der Waals surface area contributed by atoms with Gasteiger partial charge in [0.25, 0.3) is 0 Å². The number of methoxy groups -OCH3 is 1. The van der Waals surface area contributed by atoms with E-state index in [9.17, 15) is 13.2 Å². The number of nitrogens with one attached hydrogen (secondary N) is 1. The minimum absolute atomic E-state index is 0.0630. The number of para-hydroxylation sites is 2. The van der Waals surface area contributed by atoms with Gasteiger partial charge in [0.15, 0.2) is 6.61 Å². The summed E-state index contributed by atoms with van der Waals surface area (Å²) in [6.07, 6.45) is 0. The predicted octanol–water partition coefficient (Wildman–Crippen LogP) is 0.538. The second-order valence-electron chi connectivity index (χ2n) is 3.59. The molecule has 7 nitrogen and oxygen atoms in total. The molecule has 0 radical (unpaired) electrons. The fourth-order valence-electron chi connectivity index (χ4n) is 1.23. The van der Waals surface area contributed by atoms with Crippen LogP contribution in [0.5, 0.6) is 5.75 Å². The average molecular weight is 289 g/mol. The summed E-state index contributed by atoms with van der Waals surface area (Å²) >= 11 is 0. The molecule has 0 spiro atoms. The third-order valence-electron chi connectivity index (χ3n) is 2.06. The molecule has 0 aliphatic carbocycles. The van der Waals surface area contributed by atoms with Crippen molar-refractivity contribution in [2.75, 3.05) is 30.8 Å². The summed E-state index contributed by atoms with van der Waals surface area (Å²) in [4.78, 5) is 10.4. The van der Waals surface area contributed by atoms with E-state index in [4.69, 9.17) is 14.6 Å². The lowest BCUT2D eigenvalue weighted by molar-refractivity contribution is -0.139. The molecule has 19 heavy (non-hydrogen) atoms. The van der Waals surface area contributed by atoms with E-state index in [-0.39, 0.29) is 23.8 Å². The Bertz CT molecular complexity index is 528. The van der Waals surface area contributed by atoms with E-state index in [1.165, 1.54) is 19.2 Å². The van der Waals surface area contributed by atoms with Crippen LogP contribution in [-0.4, -0.2) is 45.6 Å². The van der Waals surface area contributed by atoms with Crippen LogP contribution in [-0.2, 0) is 19.6 Å². The number of rotatable bonds is 8. The highest BCUT2D eigenvalue weighted by Crippen LogP contribution is 2.24. The summed E-state index contributed by atoms with van der Waals surface area (Å²) < 4.78 is 35.4. The number of anilines is 1. The van der Waals surface area contributed by atoms with Crippen LogP contribution in [0.15, 0.2) is 24.3 Å². The van der Waals surface area contributed by atoms with Gasteiger partial charge in [-0.25, -0.2) is 13.2 Å². The van der Waals surface area contributed by atoms with Crippen molar-refractivity contribution < 1.29 is 27.8 Å². The minimum atomic E-state index is -3.56. The van der Waals surface area contributed by atoms with E-state index < -0.39 is 22.6 Å². The minimum Gasteiger partial charge on any atom is -0.480 e. The Hall–Kier alpha value is -1.80. The zero-order valence-electron chi connectivity index (χ0n) is 10.3. The van der Waals surface area contributed by atoms with E-state index in [0.717, 1.165) is 0 Å². The van der Waals surface area contributed by atoms with Gasteiger partial charge in [-0.15, -0.1) is 0 Å². The van der Waals surface area contributed by atoms with E-state index in [2.05, 4.69) is 4.72 Å². The number of hydrogen-bond acceptors (Lipinski definition) is 5. The lowest BCUT2D eigenvalue weighted by atomic mass is 10.3. The van der Waals surface area contributed by atoms with Crippen molar-refractivity contribution in [1.82, 2.24) is 0 Å². The van der Waals surface area contributed by atoms with Crippen molar-refractivity contribution in [2.24, 2.45) is 0 Å². The maximum atomic E-state index is 11.7. The van der Waals surface area contributed by atoms with Gasteiger partial charge in [-0.3, -0.25) is 4.72 Å². The van der Waals surface area contributed by atoms with E-state index >= 15 is 0 Å². The maximum absolute atomic E-state index is 11.7. The molecule has 0 unspecified atom stereocenters. The van der Waals surface area contributed by atoms with Crippen LogP contribution in [0.3, 0.4) is 0 Å². The Morgan fingerprint density at radius 3 is 2.68 bits per heavy atom. The van der Waals surface area contributed by atoms with Gasteiger partial charge in [0, 0.05) is 7.11 Å². The van der Waals surface area contributed by atoms with Crippen LogP contribution in [0.25, 0.3) is 0 Å². The van der Waals surface area contributed by atoms with E-state index in [0.29, 0.717) is 0 Å². The lowest BCUT2D eigenvalue weighted by Gasteiger charge is -2.12. The second-order valence-corrected chi connectivity index (χ2v) is 5.43. The summed E-state index contributed by atoms with van der Waals surface area (Å²) in [5.41, 5.74) is 0.194. The number of carbonyl (C=O) groups is 1. The van der Waals surface area contributed by atoms with Crippen LogP contribution in [0.2, 0.25) is 0 Å². The van der Waals surface area contributed by atoms with Crippen molar-refractivity contribution in [3.63, 3.8) is 0 Å². The van der Waals surface area contributed by atoms with Crippen LogP contribution in [0, 0.1) is 0 Å². The van der Waals surface area contributed by atoms with Crippen LogP contribution >= 0.6 is 0 Å². The van der Waals surface area contributed by atoms with Crippen LogP contribution in [0.1, 0.15) is 0 Å². The molecule has 1 aromatic carbocycles. The largest absolute Gasteiger partial charge is 0.480 e. The monoisotopic (exact) mass is 289 g/mol. The first kappa shape index (κ1) is 15.3. The Balaban J connectivity index is 2.80. The fraction of sp³-hybridized carbons (Fsp3) is 0.364. The number of benzene rings is 1. The summed E-state index contributed by atoms with van der Waals surface area (Å²) in [6.45, 7) is -0.482. The van der Waals surface area contributed by atoms with Crippen LogP contribution in [0.4, 0.5) is 5.69 Å². The highest BCUT2D eigenvalue weighted by Gasteiger charge is 2.13. The molecule has 0 aromatic heterocycles. The smallest absolute Gasteiger partial charge is 0.341 e. The number of hydrogen-bond donors (Lipinski definition) is 2. The molecule has 1 rings (SSSR count). The van der Waals surface area contributed by atoms with Gasteiger partial charge in [0.1, 0.15) is 5.75 Å². The van der Waals surface area contributed by atoms with Crippen molar-refractivity contribution in [3.8, 4) is 5.75 Å². The Labute approximate surface area is 111 Å². The van der Waals surface area contributed by atoms with Crippen molar-refractivity contribution in [3.05, 3.63) is 24.3 Å². The first-order chi connectivity index (χ1) is 8.94. The molecule has 0 amide bonds. The zero-order valence-corrected chi connectivity index (χ0v) is 11.1. The van der Waals surface area contributed by atoms with Crippen LogP contribution < -0.4 is 9.46 Å². The van der Waals surface area contributed by atoms with Gasteiger partial charge in [-0.2, -0.15) is 0 Å². The van der Waals surface area contributed by atoms with E-state index in [1.807, 2.05) is 0 Å². The molecule has 0 bridgehead atoms. The Morgan fingerprint density at radius 2 is 2.05 bits per heavy atom. The van der Waals surface area contributed by atoms with Gasteiger partial charge < -0.3 is 14.6 Å². The van der Waals surface area contributed by atoms with Gasteiger partial charge in [0.05, 0.1) is 18.0 Å². The second kappa shape index (κ2) is 6.95. The molecular weight excluding hydrogens is 274 g/mol. The summed E-state index contributed by atoms with van der Waals surface area (Å²) in [7, 11) is -2.16.